The van der Waals surface area contributed by atoms with Gasteiger partial charge in [-0.05, 0) is 32.0 Å². The number of benzene rings is 2. The van der Waals surface area contributed by atoms with Crippen molar-refractivity contribution in [1.82, 2.24) is 20.4 Å². The number of ether oxygens (including phenoxy) is 1. The number of aryl methyl sites for hydroxylation is 1. The summed E-state index contributed by atoms with van der Waals surface area (Å²) in [7, 11) is 0. The van der Waals surface area contributed by atoms with Gasteiger partial charge in [0.05, 0.1) is 38.6 Å². The molecule has 7 nitrogen and oxygen atoms in total. The molecular formula is C26H27F3N4O3S. The molecule has 2 unspecified atom stereocenters. The third kappa shape index (κ3) is 5.64. The van der Waals surface area contributed by atoms with Gasteiger partial charge in [-0.15, -0.1) is 11.3 Å². The Kier molecular flexibility index (Phi) is 7.21. The van der Waals surface area contributed by atoms with Gasteiger partial charge in [-0.1, -0.05) is 23.4 Å². The zero-order valence-corrected chi connectivity index (χ0v) is 21.1. The van der Waals surface area contributed by atoms with Crippen molar-refractivity contribution >= 4 is 21.6 Å². The zero-order valence-electron chi connectivity index (χ0n) is 20.3. The van der Waals surface area contributed by atoms with E-state index in [2.05, 4.69) is 20.4 Å². The molecule has 2 N–H and O–H groups in total. The average molecular weight is 533 g/mol. The largest absolute Gasteiger partial charge is 0.486 e. The van der Waals surface area contributed by atoms with Crippen LogP contribution in [0.5, 0.6) is 5.75 Å². The van der Waals surface area contributed by atoms with Crippen molar-refractivity contribution in [3.05, 3.63) is 64.8 Å². The number of nitrogens with one attached hydrogen (secondary N) is 1. The van der Waals surface area contributed by atoms with Crippen LogP contribution in [0.15, 0.2) is 53.1 Å². The number of aliphatic hydroxyl groups is 1. The van der Waals surface area contributed by atoms with Crippen molar-refractivity contribution < 1.29 is 27.5 Å². The van der Waals surface area contributed by atoms with E-state index in [-0.39, 0.29) is 17.4 Å². The van der Waals surface area contributed by atoms with Crippen molar-refractivity contribution in [1.29, 1.82) is 0 Å². The van der Waals surface area contributed by atoms with Crippen molar-refractivity contribution in [2.24, 2.45) is 0 Å². The van der Waals surface area contributed by atoms with Gasteiger partial charge in [0.25, 0.3) is 0 Å². The van der Waals surface area contributed by atoms with E-state index in [4.69, 9.17) is 9.26 Å². The highest BCUT2D eigenvalue weighted by atomic mass is 32.1. The first-order valence-corrected chi connectivity index (χ1v) is 12.8. The fourth-order valence-corrected chi connectivity index (χ4v) is 5.51. The first kappa shape index (κ1) is 25.7. The van der Waals surface area contributed by atoms with Crippen molar-refractivity contribution in [3.8, 4) is 17.1 Å². The lowest BCUT2D eigenvalue weighted by atomic mass is 10.0. The lowest BCUT2D eigenvalue weighted by Gasteiger charge is -2.41. The summed E-state index contributed by atoms with van der Waals surface area (Å²) in [6.45, 7) is 5.89. The molecule has 0 bridgehead atoms. The first-order chi connectivity index (χ1) is 17.7. The molecule has 3 heterocycles. The fourth-order valence-electron chi connectivity index (χ4n) is 4.71. The predicted molar refractivity (Wildman–Crippen MR) is 134 cm³/mol. The zero-order chi connectivity index (χ0) is 26.2. The number of hydrogen-bond donors (Lipinski definition) is 2. The summed E-state index contributed by atoms with van der Waals surface area (Å²) in [6, 6.07) is 12.3. The topological polar surface area (TPSA) is 83.7 Å². The number of halogens is 3. The Labute approximate surface area is 215 Å². The smallest absolute Gasteiger partial charge is 0.417 e. The van der Waals surface area contributed by atoms with Crippen LogP contribution in [-0.2, 0) is 12.7 Å². The van der Waals surface area contributed by atoms with Gasteiger partial charge in [0.15, 0.2) is 5.76 Å². The predicted octanol–water partition coefficient (Wildman–Crippen LogP) is 4.88. The Hall–Kier alpha value is -2.99. The summed E-state index contributed by atoms with van der Waals surface area (Å²) >= 11 is 1.61. The SMILES string of the molecule is Cc1nc2cc(OC(C3CNCCN3Cc3cc(-c4ccccc4C(F)(F)F)on3)[C@@H](C)O)ccc2s1. The Morgan fingerprint density at radius 1 is 1.24 bits per heavy atom. The normalized spacial score (nSPS) is 18.7. The third-order valence-electron chi connectivity index (χ3n) is 6.41. The highest BCUT2D eigenvalue weighted by molar-refractivity contribution is 7.18. The third-order valence-corrected chi connectivity index (χ3v) is 7.36. The van der Waals surface area contributed by atoms with E-state index in [1.165, 1.54) is 18.2 Å². The van der Waals surface area contributed by atoms with Gasteiger partial charge in [0, 0.05) is 43.9 Å². The minimum atomic E-state index is -4.50. The van der Waals surface area contributed by atoms with Crippen LogP contribution in [0.4, 0.5) is 13.2 Å². The number of alkyl halides is 3. The molecule has 4 aromatic rings. The molecule has 1 saturated heterocycles. The van der Waals surface area contributed by atoms with E-state index >= 15 is 0 Å². The van der Waals surface area contributed by atoms with Crippen LogP contribution in [0.25, 0.3) is 21.5 Å². The van der Waals surface area contributed by atoms with Crippen molar-refractivity contribution in [2.45, 2.75) is 44.8 Å². The van der Waals surface area contributed by atoms with E-state index < -0.39 is 23.9 Å². The second-order valence-electron chi connectivity index (χ2n) is 9.15. The lowest BCUT2D eigenvalue weighted by molar-refractivity contribution is -0.137. The molecule has 0 spiro atoms. The van der Waals surface area contributed by atoms with Gasteiger partial charge >= 0.3 is 6.18 Å². The molecule has 2 aromatic heterocycles. The van der Waals surface area contributed by atoms with Gasteiger partial charge in [-0.25, -0.2) is 4.98 Å². The Morgan fingerprint density at radius 3 is 2.84 bits per heavy atom. The van der Waals surface area contributed by atoms with Gasteiger partial charge in [-0.2, -0.15) is 13.2 Å². The van der Waals surface area contributed by atoms with Crippen LogP contribution in [0, 0.1) is 6.92 Å². The molecule has 5 rings (SSSR count). The number of aliphatic hydroxyl groups excluding tert-OH is 1. The summed E-state index contributed by atoms with van der Waals surface area (Å²) in [5, 5.41) is 19.0. The van der Waals surface area contributed by atoms with E-state index in [9.17, 15) is 18.3 Å². The Bertz CT molecular complexity index is 1370. The van der Waals surface area contributed by atoms with E-state index in [0.717, 1.165) is 21.3 Å². The molecule has 0 radical (unpaired) electrons. The minimum Gasteiger partial charge on any atom is -0.486 e. The number of piperazine rings is 1. The quantitative estimate of drug-likeness (QED) is 0.351. The highest BCUT2D eigenvalue weighted by Gasteiger charge is 2.36. The molecule has 1 aliphatic heterocycles. The van der Waals surface area contributed by atoms with Gasteiger partial charge in [0.1, 0.15) is 11.9 Å². The standard InChI is InChI=1S/C26H27F3N4O3S/c1-15(34)25(35-18-7-8-24-21(12-18)31-16(2)37-24)22-13-30-9-10-33(22)14-17-11-23(36-32-17)19-5-3-4-6-20(19)26(27,28)29/h3-8,11-12,15,22,25,30,34H,9-10,13-14H2,1-2H3/t15-,22?,25?/m1/s1. The molecule has 196 valence electrons. The molecule has 0 aliphatic carbocycles. The van der Waals surface area contributed by atoms with E-state index in [1.54, 1.807) is 24.3 Å². The maximum absolute atomic E-state index is 13.5. The molecule has 0 amide bonds. The molecule has 2 aromatic carbocycles. The fraction of sp³-hybridized carbons (Fsp3) is 0.385. The van der Waals surface area contributed by atoms with Crippen LogP contribution in [0.3, 0.4) is 0 Å². The second-order valence-corrected chi connectivity index (χ2v) is 10.4. The number of fused-ring (bicyclic) bond motifs is 1. The Morgan fingerprint density at radius 2 is 2.05 bits per heavy atom. The van der Waals surface area contributed by atoms with Crippen molar-refractivity contribution in [2.75, 3.05) is 19.6 Å². The number of rotatable bonds is 7. The summed E-state index contributed by atoms with van der Waals surface area (Å²) in [4.78, 5) is 6.63. The Balaban J connectivity index is 1.36. The van der Waals surface area contributed by atoms with E-state index in [0.29, 0.717) is 37.6 Å². The van der Waals surface area contributed by atoms with Gasteiger partial charge in [0.2, 0.25) is 0 Å². The second kappa shape index (κ2) is 10.4. The van der Waals surface area contributed by atoms with E-state index in [1.807, 2.05) is 25.1 Å². The van der Waals surface area contributed by atoms with Crippen LogP contribution in [-0.4, -0.2) is 58.0 Å². The first-order valence-electron chi connectivity index (χ1n) is 12.0. The number of hydrogen-bond acceptors (Lipinski definition) is 8. The molecule has 1 aliphatic rings. The molecular weight excluding hydrogens is 505 g/mol. The molecule has 1 fully saturated rings. The van der Waals surface area contributed by atoms with Crippen LogP contribution < -0.4 is 10.1 Å². The molecule has 0 saturated carbocycles. The number of thiazole rings is 1. The summed E-state index contributed by atoms with van der Waals surface area (Å²) in [6.07, 6.45) is -5.86. The van der Waals surface area contributed by atoms with Gasteiger partial charge < -0.3 is 19.7 Å². The minimum absolute atomic E-state index is 0.0523. The molecule has 11 heteroatoms. The molecule has 3 atom stereocenters. The summed E-state index contributed by atoms with van der Waals surface area (Å²) in [5.74, 6) is 0.673. The number of aromatic nitrogens is 2. The van der Waals surface area contributed by atoms with Crippen molar-refractivity contribution in [3.63, 3.8) is 0 Å². The van der Waals surface area contributed by atoms with Gasteiger partial charge in [-0.3, -0.25) is 4.90 Å². The molecule has 37 heavy (non-hydrogen) atoms. The summed E-state index contributed by atoms with van der Waals surface area (Å²) < 4.78 is 53.1. The lowest BCUT2D eigenvalue weighted by Crippen LogP contribution is -2.59. The average Bonchev–Trinajstić information content (AvgIpc) is 3.47. The van der Waals surface area contributed by atoms with Crippen LogP contribution in [0.1, 0.15) is 23.2 Å². The number of nitrogens with zero attached hydrogens (tertiary/aromatic N) is 3. The maximum atomic E-state index is 13.5. The van der Waals surface area contributed by atoms with Crippen LogP contribution in [0.2, 0.25) is 0 Å². The summed E-state index contributed by atoms with van der Waals surface area (Å²) in [5.41, 5.74) is 0.524. The monoisotopic (exact) mass is 532 g/mol. The van der Waals surface area contributed by atoms with Crippen LogP contribution >= 0.6 is 11.3 Å². The highest BCUT2D eigenvalue weighted by Crippen LogP contribution is 2.37. The maximum Gasteiger partial charge on any atom is 0.417 e.